The molecule has 120 valence electrons. The van der Waals surface area contributed by atoms with E-state index in [9.17, 15) is 4.79 Å². The van der Waals surface area contributed by atoms with Crippen LogP contribution in [0.15, 0.2) is 42.9 Å². The maximum atomic E-state index is 12.3. The van der Waals surface area contributed by atoms with Crippen LogP contribution in [0.4, 0.5) is 0 Å². The van der Waals surface area contributed by atoms with Gasteiger partial charge in [0.05, 0.1) is 6.33 Å². The Labute approximate surface area is 141 Å². The van der Waals surface area contributed by atoms with Gasteiger partial charge in [0.25, 0.3) is 0 Å². The minimum Gasteiger partial charge on any atom is -0.339 e. The lowest BCUT2D eigenvalue weighted by Crippen LogP contribution is -2.37. The highest BCUT2D eigenvalue weighted by atomic mass is 35.5. The molecule has 0 saturated carbocycles. The van der Waals surface area contributed by atoms with Crippen LogP contribution in [0.3, 0.4) is 0 Å². The first kappa shape index (κ1) is 15.8. The Bertz CT molecular complexity index is 715. The van der Waals surface area contributed by atoms with Crippen LogP contribution in [0.2, 0.25) is 5.02 Å². The van der Waals surface area contributed by atoms with Crippen molar-refractivity contribution in [3.8, 4) is 0 Å². The van der Waals surface area contributed by atoms with E-state index >= 15 is 0 Å². The molecule has 1 amide bonds. The molecule has 5 heteroatoms. The SMILES string of the molecule is Cn1cncc1C1CCN(C(=O)C=Cc2ccccc2Cl)CC1. The number of rotatable bonds is 3. The highest BCUT2D eigenvalue weighted by molar-refractivity contribution is 6.32. The first-order chi connectivity index (χ1) is 11.1. The molecule has 1 fully saturated rings. The maximum absolute atomic E-state index is 12.3. The van der Waals surface area contributed by atoms with Crippen molar-refractivity contribution in [2.75, 3.05) is 13.1 Å². The fourth-order valence-electron chi connectivity index (χ4n) is 3.03. The molecule has 0 atom stereocenters. The normalized spacial score (nSPS) is 16.2. The molecule has 1 aliphatic heterocycles. The van der Waals surface area contributed by atoms with E-state index in [4.69, 9.17) is 11.6 Å². The maximum Gasteiger partial charge on any atom is 0.246 e. The van der Waals surface area contributed by atoms with Gasteiger partial charge in [0.1, 0.15) is 0 Å². The van der Waals surface area contributed by atoms with Crippen LogP contribution in [0.1, 0.15) is 30.0 Å². The summed E-state index contributed by atoms with van der Waals surface area (Å²) in [5, 5.41) is 0.659. The van der Waals surface area contributed by atoms with Crippen molar-refractivity contribution in [1.29, 1.82) is 0 Å². The first-order valence-electron chi connectivity index (χ1n) is 7.83. The van der Waals surface area contributed by atoms with Crippen molar-refractivity contribution in [2.24, 2.45) is 7.05 Å². The molecule has 2 heterocycles. The van der Waals surface area contributed by atoms with Crippen molar-refractivity contribution in [3.05, 3.63) is 59.1 Å². The molecule has 0 radical (unpaired) electrons. The van der Waals surface area contributed by atoms with Gasteiger partial charge in [-0.2, -0.15) is 0 Å². The summed E-state index contributed by atoms with van der Waals surface area (Å²) >= 11 is 6.10. The Morgan fingerprint density at radius 1 is 1.30 bits per heavy atom. The molecule has 0 unspecified atom stereocenters. The average Bonchev–Trinajstić information content (AvgIpc) is 3.00. The van der Waals surface area contributed by atoms with E-state index in [1.807, 2.05) is 48.7 Å². The average molecular weight is 330 g/mol. The Hall–Kier alpha value is -2.07. The standard InChI is InChI=1S/C18H20ClN3O/c1-21-13-20-12-17(21)15-8-10-22(11-9-15)18(23)7-6-14-4-2-3-5-16(14)19/h2-7,12-13,15H,8-11H2,1H3. The Kier molecular flexibility index (Phi) is 4.82. The minimum absolute atomic E-state index is 0.0494. The van der Waals surface area contributed by atoms with Gasteiger partial charge in [-0.05, 0) is 30.5 Å². The number of piperidine rings is 1. The highest BCUT2D eigenvalue weighted by Crippen LogP contribution is 2.27. The van der Waals surface area contributed by atoms with Crippen LogP contribution in [0.5, 0.6) is 0 Å². The number of aryl methyl sites for hydroxylation is 1. The van der Waals surface area contributed by atoms with Gasteiger partial charge in [0.15, 0.2) is 0 Å². The van der Waals surface area contributed by atoms with Crippen molar-refractivity contribution < 1.29 is 4.79 Å². The molecule has 0 spiro atoms. The molecule has 1 aromatic heterocycles. The fraction of sp³-hybridized carbons (Fsp3) is 0.333. The third kappa shape index (κ3) is 3.64. The zero-order chi connectivity index (χ0) is 16.2. The molecule has 0 aliphatic carbocycles. The number of benzene rings is 1. The van der Waals surface area contributed by atoms with E-state index in [2.05, 4.69) is 9.55 Å². The molecule has 4 nitrogen and oxygen atoms in total. The zero-order valence-corrected chi connectivity index (χ0v) is 13.9. The smallest absolute Gasteiger partial charge is 0.246 e. The second-order valence-electron chi connectivity index (χ2n) is 5.88. The predicted octanol–water partition coefficient (Wildman–Crippen LogP) is 3.49. The van der Waals surface area contributed by atoms with Gasteiger partial charge in [-0.25, -0.2) is 4.98 Å². The van der Waals surface area contributed by atoms with E-state index in [1.54, 1.807) is 12.2 Å². The number of carbonyl (C=O) groups excluding carboxylic acids is 1. The lowest BCUT2D eigenvalue weighted by Gasteiger charge is -2.31. The molecule has 0 N–H and O–H groups in total. The molecular weight excluding hydrogens is 310 g/mol. The Morgan fingerprint density at radius 2 is 2.04 bits per heavy atom. The van der Waals surface area contributed by atoms with Crippen LogP contribution in [-0.4, -0.2) is 33.4 Å². The summed E-state index contributed by atoms with van der Waals surface area (Å²) in [6.07, 6.45) is 9.12. The number of amides is 1. The summed E-state index contributed by atoms with van der Waals surface area (Å²) in [5.41, 5.74) is 2.12. The van der Waals surface area contributed by atoms with E-state index < -0.39 is 0 Å². The monoisotopic (exact) mass is 329 g/mol. The second kappa shape index (κ2) is 7.01. The zero-order valence-electron chi connectivity index (χ0n) is 13.2. The number of halogens is 1. The summed E-state index contributed by atoms with van der Waals surface area (Å²) in [6, 6.07) is 7.52. The van der Waals surface area contributed by atoms with Crippen LogP contribution < -0.4 is 0 Å². The topological polar surface area (TPSA) is 38.1 Å². The van der Waals surface area contributed by atoms with Gasteiger partial charge in [-0.15, -0.1) is 0 Å². The predicted molar refractivity (Wildman–Crippen MR) is 92.2 cm³/mol. The third-order valence-corrected chi connectivity index (χ3v) is 4.73. The Morgan fingerprint density at radius 3 is 2.70 bits per heavy atom. The van der Waals surface area contributed by atoms with Crippen LogP contribution in [0.25, 0.3) is 6.08 Å². The molecule has 23 heavy (non-hydrogen) atoms. The summed E-state index contributed by atoms with van der Waals surface area (Å²) in [5.74, 6) is 0.535. The first-order valence-corrected chi connectivity index (χ1v) is 8.20. The molecule has 0 bridgehead atoms. The number of carbonyl (C=O) groups is 1. The number of hydrogen-bond donors (Lipinski definition) is 0. The molecular formula is C18H20ClN3O. The van der Waals surface area contributed by atoms with Crippen molar-refractivity contribution in [2.45, 2.75) is 18.8 Å². The van der Waals surface area contributed by atoms with Crippen LogP contribution in [-0.2, 0) is 11.8 Å². The number of likely N-dealkylation sites (tertiary alicyclic amines) is 1. The van der Waals surface area contributed by atoms with Gasteiger partial charge < -0.3 is 9.47 Å². The van der Waals surface area contributed by atoms with Gasteiger partial charge in [0.2, 0.25) is 5.91 Å². The van der Waals surface area contributed by atoms with E-state index in [0.29, 0.717) is 10.9 Å². The second-order valence-corrected chi connectivity index (χ2v) is 6.29. The van der Waals surface area contributed by atoms with Gasteiger partial charge in [-0.1, -0.05) is 29.8 Å². The van der Waals surface area contributed by atoms with E-state index in [-0.39, 0.29) is 5.91 Å². The van der Waals surface area contributed by atoms with Crippen molar-refractivity contribution in [3.63, 3.8) is 0 Å². The molecule has 3 rings (SSSR count). The largest absolute Gasteiger partial charge is 0.339 e. The van der Waals surface area contributed by atoms with E-state index in [0.717, 1.165) is 31.5 Å². The number of imidazole rings is 1. The third-order valence-electron chi connectivity index (χ3n) is 4.39. The van der Waals surface area contributed by atoms with Gasteiger partial charge >= 0.3 is 0 Å². The lowest BCUT2D eigenvalue weighted by atomic mass is 9.93. The van der Waals surface area contributed by atoms with Crippen molar-refractivity contribution >= 4 is 23.6 Å². The Balaban J connectivity index is 1.58. The fourth-order valence-corrected chi connectivity index (χ4v) is 3.23. The van der Waals surface area contributed by atoms with E-state index in [1.165, 1.54) is 5.69 Å². The number of aromatic nitrogens is 2. The van der Waals surface area contributed by atoms with Crippen LogP contribution in [0, 0.1) is 0 Å². The molecule has 2 aromatic rings. The summed E-state index contributed by atoms with van der Waals surface area (Å²) in [7, 11) is 2.02. The van der Waals surface area contributed by atoms with Crippen molar-refractivity contribution in [1.82, 2.24) is 14.5 Å². The highest BCUT2D eigenvalue weighted by Gasteiger charge is 2.24. The van der Waals surface area contributed by atoms with Gasteiger partial charge in [0, 0.05) is 49.0 Å². The summed E-state index contributed by atoms with van der Waals surface area (Å²) in [6.45, 7) is 1.56. The van der Waals surface area contributed by atoms with Crippen LogP contribution >= 0.6 is 11.6 Å². The minimum atomic E-state index is 0.0494. The summed E-state index contributed by atoms with van der Waals surface area (Å²) < 4.78 is 2.07. The summed E-state index contributed by atoms with van der Waals surface area (Å²) in [4.78, 5) is 18.4. The number of nitrogens with zero attached hydrogens (tertiary/aromatic N) is 3. The number of hydrogen-bond acceptors (Lipinski definition) is 2. The van der Waals surface area contributed by atoms with Gasteiger partial charge in [-0.3, -0.25) is 4.79 Å². The quantitative estimate of drug-likeness (QED) is 0.808. The molecule has 1 aromatic carbocycles. The lowest BCUT2D eigenvalue weighted by molar-refractivity contribution is -0.126. The molecule has 1 aliphatic rings. The molecule has 1 saturated heterocycles.